The molecule has 0 aliphatic heterocycles. The fourth-order valence-corrected chi connectivity index (χ4v) is 4.55. The molecule has 4 aromatic rings. The summed E-state index contributed by atoms with van der Waals surface area (Å²) in [6.07, 6.45) is 1.54. The monoisotopic (exact) mass is 419 g/mol. The van der Waals surface area contributed by atoms with Gasteiger partial charge in [0, 0.05) is 12.1 Å². The zero-order valence-corrected chi connectivity index (χ0v) is 17.3. The lowest BCUT2D eigenvalue weighted by Gasteiger charge is -2.19. The van der Waals surface area contributed by atoms with Crippen LogP contribution in [0.3, 0.4) is 0 Å². The van der Waals surface area contributed by atoms with Gasteiger partial charge in [-0.1, -0.05) is 71.4 Å². The molecule has 152 valence electrons. The van der Waals surface area contributed by atoms with Gasteiger partial charge in [-0.05, 0) is 29.8 Å². The summed E-state index contributed by atoms with van der Waals surface area (Å²) in [5.41, 5.74) is 1.93. The smallest absolute Gasteiger partial charge is 0.243 e. The molecule has 6 nitrogen and oxygen atoms in total. The van der Waals surface area contributed by atoms with Crippen LogP contribution in [0.5, 0.6) is 0 Å². The van der Waals surface area contributed by atoms with Crippen molar-refractivity contribution in [3.63, 3.8) is 0 Å². The predicted octanol–water partition coefficient (Wildman–Crippen LogP) is 4.58. The van der Waals surface area contributed by atoms with E-state index in [-0.39, 0.29) is 23.9 Å². The minimum Gasteiger partial charge on any atom is -0.338 e. The predicted molar refractivity (Wildman–Crippen MR) is 116 cm³/mol. The van der Waals surface area contributed by atoms with Crippen LogP contribution in [0.25, 0.3) is 22.2 Å². The minimum atomic E-state index is -3.78. The van der Waals surface area contributed by atoms with Gasteiger partial charge in [-0.25, -0.2) is 8.42 Å². The Kier molecular flexibility index (Phi) is 5.48. The van der Waals surface area contributed by atoms with Crippen molar-refractivity contribution in [3.8, 4) is 11.4 Å². The Morgan fingerprint density at radius 1 is 1.03 bits per heavy atom. The average Bonchev–Trinajstić information content (AvgIpc) is 3.22. The summed E-state index contributed by atoms with van der Waals surface area (Å²) in [7, 11) is -3.78. The first-order valence-electron chi connectivity index (χ1n) is 9.47. The summed E-state index contributed by atoms with van der Waals surface area (Å²) in [6.45, 7) is 5.76. The van der Waals surface area contributed by atoms with Crippen molar-refractivity contribution in [3.05, 3.63) is 90.8 Å². The van der Waals surface area contributed by atoms with Crippen molar-refractivity contribution >= 4 is 20.8 Å². The zero-order chi connectivity index (χ0) is 21.1. The summed E-state index contributed by atoms with van der Waals surface area (Å²) in [6, 6.07) is 20.4. The van der Waals surface area contributed by atoms with Crippen molar-refractivity contribution in [1.29, 1.82) is 0 Å². The van der Waals surface area contributed by atoms with Gasteiger partial charge in [-0.15, -0.1) is 6.58 Å². The second kappa shape index (κ2) is 8.22. The van der Waals surface area contributed by atoms with Gasteiger partial charge in [0.05, 0.1) is 11.4 Å². The van der Waals surface area contributed by atoms with Crippen LogP contribution in [-0.2, 0) is 16.6 Å². The zero-order valence-electron chi connectivity index (χ0n) is 16.5. The van der Waals surface area contributed by atoms with E-state index in [1.54, 1.807) is 18.2 Å². The number of hydrogen-bond acceptors (Lipinski definition) is 5. The molecular weight excluding hydrogens is 398 g/mol. The van der Waals surface area contributed by atoms with E-state index in [4.69, 9.17) is 4.52 Å². The first-order chi connectivity index (χ1) is 14.5. The van der Waals surface area contributed by atoms with Crippen molar-refractivity contribution in [2.45, 2.75) is 18.4 Å². The van der Waals surface area contributed by atoms with Gasteiger partial charge in [-0.2, -0.15) is 9.29 Å². The Bertz CT molecular complexity index is 1290. The molecule has 0 saturated carbocycles. The third-order valence-corrected chi connectivity index (χ3v) is 6.59. The van der Waals surface area contributed by atoms with Crippen molar-refractivity contribution in [1.82, 2.24) is 14.4 Å². The van der Waals surface area contributed by atoms with Crippen LogP contribution in [0.15, 0.2) is 88.8 Å². The van der Waals surface area contributed by atoms with Gasteiger partial charge in [0.25, 0.3) is 0 Å². The summed E-state index contributed by atoms with van der Waals surface area (Å²) in [4.78, 5) is 4.58. The molecule has 3 aromatic carbocycles. The first-order valence-corrected chi connectivity index (χ1v) is 10.9. The van der Waals surface area contributed by atoms with Gasteiger partial charge < -0.3 is 4.52 Å². The van der Waals surface area contributed by atoms with Gasteiger partial charge in [0.2, 0.25) is 21.7 Å². The number of rotatable bonds is 7. The van der Waals surface area contributed by atoms with Crippen LogP contribution in [0.1, 0.15) is 11.5 Å². The van der Waals surface area contributed by atoms with Gasteiger partial charge in [0.1, 0.15) is 0 Å². The Balaban J connectivity index is 1.63. The number of nitrogens with zero attached hydrogens (tertiary/aromatic N) is 3. The Morgan fingerprint density at radius 3 is 2.50 bits per heavy atom. The molecule has 0 aliphatic rings. The highest BCUT2D eigenvalue weighted by molar-refractivity contribution is 7.89. The molecule has 30 heavy (non-hydrogen) atoms. The minimum absolute atomic E-state index is 0.0416. The van der Waals surface area contributed by atoms with Crippen LogP contribution in [0, 0.1) is 6.92 Å². The van der Waals surface area contributed by atoms with E-state index >= 15 is 0 Å². The third kappa shape index (κ3) is 4.03. The molecule has 0 radical (unpaired) electrons. The topological polar surface area (TPSA) is 76.3 Å². The maximum Gasteiger partial charge on any atom is 0.243 e. The summed E-state index contributed by atoms with van der Waals surface area (Å²) < 4.78 is 33.1. The molecule has 0 fully saturated rings. The van der Waals surface area contributed by atoms with Gasteiger partial charge in [-0.3, -0.25) is 0 Å². The van der Waals surface area contributed by atoms with Crippen LogP contribution in [0.2, 0.25) is 0 Å². The maximum absolute atomic E-state index is 13.3. The fourth-order valence-electron chi connectivity index (χ4n) is 3.16. The molecule has 0 unspecified atom stereocenters. The standard InChI is InChI=1S/C23H21N3O3S/c1-3-14-26(16-22-24-23(25-29-22)19-10-8-17(2)9-11-19)30(27,28)21-13-12-18-6-4-5-7-20(18)15-21/h3-13,15H,1,14,16H2,2H3. The second-order valence-corrected chi connectivity index (χ2v) is 8.91. The summed E-state index contributed by atoms with van der Waals surface area (Å²) in [5.74, 6) is 0.642. The molecule has 1 heterocycles. The number of hydrogen-bond donors (Lipinski definition) is 0. The molecule has 1 aromatic heterocycles. The van der Waals surface area contributed by atoms with E-state index in [1.807, 2.05) is 55.5 Å². The first kappa shape index (κ1) is 20.0. The number of sulfonamides is 1. The maximum atomic E-state index is 13.3. The molecule has 0 spiro atoms. The molecule has 4 rings (SSSR count). The van der Waals surface area contributed by atoms with Gasteiger partial charge in [0.15, 0.2) is 0 Å². The normalized spacial score (nSPS) is 11.8. The van der Waals surface area contributed by atoms with Crippen LogP contribution in [-0.4, -0.2) is 29.4 Å². The van der Waals surface area contributed by atoms with E-state index < -0.39 is 10.0 Å². The second-order valence-electron chi connectivity index (χ2n) is 6.97. The SMILES string of the molecule is C=CCN(Cc1nc(-c2ccc(C)cc2)no1)S(=O)(=O)c1ccc2ccccc2c1. The van der Waals surface area contributed by atoms with Gasteiger partial charge >= 0.3 is 0 Å². The van der Waals surface area contributed by atoms with Crippen LogP contribution < -0.4 is 0 Å². The Labute approximate surface area is 175 Å². The van der Waals surface area contributed by atoms with E-state index in [0.29, 0.717) is 5.82 Å². The summed E-state index contributed by atoms with van der Waals surface area (Å²) >= 11 is 0. The van der Waals surface area contributed by atoms with E-state index in [0.717, 1.165) is 21.9 Å². The highest BCUT2D eigenvalue weighted by atomic mass is 32.2. The average molecular weight is 420 g/mol. The van der Waals surface area contributed by atoms with Crippen molar-refractivity contribution in [2.24, 2.45) is 0 Å². The van der Waals surface area contributed by atoms with Crippen LogP contribution in [0.4, 0.5) is 0 Å². The molecule has 0 amide bonds. The number of aromatic nitrogens is 2. The molecule has 0 N–H and O–H groups in total. The van der Waals surface area contributed by atoms with E-state index in [9.17, 15) is 8.42 Å². The third-order valence-electron chi connectivity index (χ3n) is 4.78. The fraction of sp³-hybridized carbons (Fsp3) is 0.130. The lowest BCUT2D eigenvalue weighted by atomic mass is 10.1. The number of benzene rings is 3. The van der Waals surface area contributed by atoms with Crippen molar-refractivity contribution < 1.29 is 12.9 Å². The lowest BCUT2D eigenvalue weighted by Crippen LogP contribution is -2.31. The quantitative estimate of drug-likeness (QED) is 0.410. The van der Waals surface area contributed by atoms with Crippen LogP contribution >= 0.6 is 0 Å². The molecule has 7 heteroatoms. The molecule has 0 aliphatic carbocycles. The molecular formula is C23H21N3O3S. The lowest BCUT2D eigenvalue weighted by molar-refractivity contribution is 0.327. The molecule has 0 bridgehead atoms. The molecule has 0 atom stereocenters. The Morgan fingerprint density at radius 2 is 1.77 bits per heavy atom. The van der Waals surface area contributed by atoms with E-state index in [2.05, 4.69) is 16.7 Å². The summed E-state index contributed by atoms with van der Waals surface area (Å²) in [5, 5.41) is 5.83. The van der Waals surface area contributed by atoms with Crippen molar-refractivity contribution in [2.75, 3.05) is 6.54 Å². The Hall–Kier alpha value is -3.29. The largest absolute Gasteiger partial charge is 0.338 e. The molecule has 0 saturated heterocycles. The number of fused-ring (bicyclic) bond motifs is 1. The number of aryl methyl sites for hydroxylation is 1. The highest BCUT2D eigenvalue weighted by Gasteiger charge is 2.26. The highest BCUT2D eigenvalue weighted by Crippen LogP contribution is 2.24. The van der Waals surface area contributed by atoms with E-state index in [1.165, 1.54) is 10.4 Å².